The maximum atomic E-state index is 12.7. The highest BCUT2D eigenvalue weighted by Gasteiger charge is 2.13. The molecule has 0 spiro atoms. The summed E-state index contributed by atoms with van der Waals surface area (Å²) in [6, 6.07) is 13.7. The lowest BCUT2D eigenvalue weighted by molar-refractivity contribution is 0.225. The van der Waals surface area contributed by atoms with Crippen LogP contribution in [-0.4, -0.2) is 17.7 Å². The van der Waals surface area contributed by atoms with E-state index >= 15 is 0 Å². The zero-order valence-corrected chi connectivity index (χ0v) is 10.7. The van der Waals surface area contributed by atoms with Crippen LogP contribution in [0.5, 0.6) is 0 Å². The van der Waals surface area contributed by atoms with Gasteiger partial charge in [-0.05, 0) is 29.8 Å². The zero-order chi connectivity index (χ0) is 14.4. The van der Waals surface area contributed by atoms with Gasteiger partial charge in [-0.15, -0.1) is 0 Å². The van der Waals surface area contributed by atoms with Crippen molar-refractivity contribution in [2.24, 2.45) is 0 Å². The number of aliphatic hydroxyl groups is 1. The number of amides is 2. The molecule has 0 aliphatic rings. The summed E-state index contributed by atoms with van der Waals surface area (Å²) in [4.78, 5) is 11.8. The Bertz CT molecular complexity index is 558. The molecule has 2 aromatic carbocycles. The predicted octanol–water partition coefficient (Wildman–Crippen LogP) is 2.68. The molecular formula is C15H15FN2O2. The molecule has 0 aromatic heterocycles. The molecule has 2 rings (SSSR count). The minimum absolute atomic E-state index is 0.207. The Morgan fingerprint density at radius 2 is 1.75 bits per heavy atom. The molecule has 104 valence electrons. The van der Waals surface area contributed by atoms with Gasteiger partial charge in [0.2, 0.25) is 0 Å². The monoisotopic (exact) mass is 274 g/mol. The van der Waals surface area contributed by atoms with Gasteiger partial charge >= 0.3 is 6.03 Å². The van der Waals surface area contributed by atoms with Crippen molar-refractivity contribution >= 4 is 11.7 Å². The second kappa shape index (κ2) is 6.68. The highest BCUT2D eigenvalue weighted by molar-refractivity contribution is 5.89. The van der Waals surface area contributed by atoms with E-state index in [1.165, 1.54) is 24.3 Å². The fourth-order valence-corrected chi connectivity index (χ4v) is 1.78. The number of benzene rings is 2. The van der Waals surface area contributed by atoms with E-state index in [0.29, 0.717) is 5.69 Å². The van der Waals surface area contributed by atoms with Crippen LogP contribution in [0.3, 0.4) is 0 Å². The molecule has 5 heteroatoms. The SMILES string of the molecule is O=C(Nc1ccc(F)cc1)N[C@H](CO)c1ccccc1. The molecule has 0 bridgehead atoms. The molecule has 0 aliphatic heterocycles. The average molecular weight is 274 g/mol. The molecule has 0 aliphatic carbocycles. The third-order valence-corrected chi connectivity index (χ3v) is 2.79. The summed E-state index contributed by atoms with van der Waals surface area (Å²) < 4.78 is 12.7. The van der Waals surface area contributed by atoms with E-state index in [0.717, 1.165) is 5.56 Å². The summed E-state index contributed by atoms with van der Waals surface area (Å²) in [5.74, 6) is -0.367. The molecule has 3 N–H and O–H groups in total. The van der Waals surface area contributed by atoms with E-state index in [1.54, 1.807) is 0 Å². The Labute approximate surface area is 116 Å². The molecule has 2 aromatic rings. The van der Waals surface area contributed by atoms with Crippen molar-refractivity contribution in [1.82, 2.24) is 5.32 Å². The molecule has 0 unspecified atom stereocenters. The van der Waals surface area contributed by atoms with Gasteiger partial charge < -0.3 is 15.7 Å². The quantitative estimate of drug-likeness (QED) is 0.802. The van der Waals surface area contributed by atoms with E-state index in [4.69, 9.17) is 0 Å². The Morgan fingerprint density at radius 3 is 2.35 bits per heavy atom. The summed E-state index contributed by atoms with van der Waals surface area (Å²) >= 11 is 0. The minimum atomic E-state index is -0.489. The third kappa shape index (κ3) is 3.80. The maximum Gasteiger partial charge on any atom is 0.319 e. The van der Waals surface area contributed by atoms with Crippen LogP contribution in [0.15, 0.2) is 54.6 Å². The number of hydrogen-bond donors (Lipinski definition) is 3. The second-order valence-electron chi connectivity index (χ2n) is 4.25. The number of hydrogen-bond acceptors (Lipinski definition) is 2. The van der Waals surface area contributed by atoms with Crippen molar-refractivity contribution in [3.05, 3.63) is 66.0 Å². The van der Waals surface area contributed by atoms with Crippen molar-refractivity contribution in [3.8, 4) is 0 Å². The molecule has 2 amide bonds. The first kappa shape index (κ1) is 14.0. The van der Waals surface area contributed by atoms with Crippen LogP contribution >= 0.6 is 0 Å². The predicted molar refractivity (Wildman–Crippen MR) is 74.8 cm³/mol. The third-order valence-electron chi connectivity index (χ3n) is 2.79. The van der Waals surface area contributed by atoms with Gasteiger partial charge in [0.15, 0.2) is 0 Å². The molecular weight excluding hydrogens is 259 g/mol. The lowest BCUT2D eigenvalue weighted by atomic mass is 10.1. The van der Waals surface area contributed by atoms with Crippen LogP contribution in [0.2, 0.25) is 0 Å². The Morgan fingerprint density at radius 1 is 1.10 bits per heavy atom. The first-order valence-corrected chi connectivity index (χ1v) is 6.18. The number of nitrogens with one attached hydrogen (secondary N) is 2. The molecule has 0 fully saturated rings. The smallest absolute Gasteiger partial charge is 0.319 e. The van der Waals surface area contributed by atoms with Gasteiger partial charge in [-0.3, -0.25) is 0 Å². The number of aliphatic hydroxyl groups excluding tert-OH is 1. The summed E-state index contributed by atoms with van der Waals surface area (Å²) in [6.45, 7) is -0.207. The van der Waals surface area contributed by atoms with E-state index < -0.39 is 12.1 Å². The van der Waals surface area contributed by atoms with E-state index in [-0.39, 0.29) is 12.4 Å². The van der Waals surface area contributed by atoms with Gasteiger partial charge in [0, 0.05) is 5.69 Å². The molecule has 4 nitrogen and oxygen atoms in total. The van der Waals surface area contributed by atoms with Gasteiger partial charge in [-0.2, -0.15) is 0 Å². The standard InChI is InChI=1S/C15H15FN2O2/c16-12-6-8-13(9-7-12)17-15(20)18-14(10-19)11-4-2-1-3-5-11/h1-9,14,19H,10H2,(H2,17,18,20)/t14-/m1/s1. The van der Waals surface area contributed by atoms with Gasteiger partial charge in [-0.1, -0.05) is 30.3 Å². The summed E-state index contributed by atoms with van der Waals surface area (Å²) in [5, 5.41) is 14.6. The largest absolute Gasteiger partial charge is 0.394 e. The van der Waals surface area contributed by atoms with Crippen molar-refractivity contribution in [3.63, 3.8) is 0 Å². The first-order valence-electron chi connectivity index (χ1n) is 6.18. The van der Waals surface area contributed by atoms with E-state index in [2.05, 4.69) is 10.6 Å². The Balaban J connectivity index is 1.97. The summed E-state index contributed by atoms with van der Waals surface area (Å²) in [5.41, 5.74) is 1.29. The summed E-state index contributed by atoms with van der Waals surface area (Å²) in [6.07, 6.45) is 0. The number of rotatable bonds is 4. The highest BCUT2D eigenvalue weighted by atomic mass is 19.1. The number of urea groups is 1. The summed E-state index contributed by atoms with van der Waals surface area (Å²) in [7, 11) is 0. The molecule has 0 heterocycles. The maximum absolute atomic E-state index is 12.7. The number of halogens is 1. The molecule has 0 saturated carbocycles. The van der Waals surface area contributed by atoms with Crippen LogP contribution in [0.25, 0.3) is 0 Å². The topological polar surface area (TPSA) is 61.4 Å². The van der Waals surface area contributed by atoms with Gasteiger partial charge in [-0.25, -0.2) is 9.18 Å². The second-order valence-corrected chi connectivity index (χ2v) is 4.25. The average Bonchev–Trinajstić information content (AvgIpc) is 2.48. The lowest BCUT2D eigenvalue weighted by Crippen LogP contribution is -2.34. The number of carbonyl (C=O) groups is 1. The Kier molecular flexibility index (Phi) is 4.68. The molecule has 20 heavy (non-hydrogen) atoms. The van der Waals surface area contributed by atoms with Crippen molar-refractivity contribution in [2.75, 3.05) is 11.9 Å². The van der Waals surface area contributed by atoms with Crippen LogP contribution < -0.4 is 10.6 Å². The fraction of sp³-hybridized carbons (Fsp3) is 0.133. The molecule has 1 atom stereocenters. The van der Waals surface area contributed by atoms with Gasteiger partial charge in [0.25, 0.3) is 0 Å². The first-order chi connectivity index (χ1) is 9.69. The van der Waals surface area contributed by atoms with Crippen molar-refractivity contribution in [1.29, 1.82) is 0 Å². The van der Waals surface area contributed by atoms with E-state index in [9.17, 15) is 14.3 Å². The van der Waals surface area contributed by atoms with Crippen LogP contribution in [0.1, 0.15) is 11.6 Å². The van der Waals surface area contributed by atoms with Gasteiger partial charge in [0.05, 0.1) is 12.6 Å². The fourth-order valence-electron chi connectivity index (χ4n) is 1.78. The van der Waals surface area contributed by atoms with Crippen molar-refractivity contribution < 1.29 is 14.3 Å². The van der Waals surface area contributed by atoms with Crippen molar-refractivity contribution in [2.45, 2.75) is 6.04 Å². The molecule has 0 saturated heterocycles. The van der Waals surface area contributed by atoms with Crippen LogP contribution in [0, 0.1) is 5.82 Å². The van der Waals surface area contributed by atoms with Gasteiger partial charge in [0.1, 0.15) is 5.82 Å². The number of anilines is 1. The normalized spacial score (nSPS) is 11.7. The Hall–Kier alpha value is -2.40. The number of carbonyl (C=O) groups excluding carboxylic acids is 1. The van der Waals surface area contributed by atoms with E-state index in [1.807, 2.05) is 30.3 Å². The molecule has 0 radical (unpaired) electrons. The lowest BCUT2D eigenvalue weighted by Gasteiger charge is -2.17. The minimum Gasteiger partial charge on any atom is -0.394 e. The van der Waals surface area contributed by atoms with Crippen LogP contribution in [0.4, 0.5) is 14.9 Å². The van der Waals surface area contributed by atoms with Crippen LogP contribution in [-0.2, 0) is 0 Å². The highest BCUT2D eigenvalue weighted by Crippen LogP contribution is 2.13. The zero-order valence-electron chi connectivity index (χ0n) is 10.7.